The molecular formula is C19H20N2O3. The van der Waals surface area contributed by atoms with E-state index in [1.165, 1.54) is 0 Å². The number of aryl methyl sites for hydroxylation is 1. The third-order valence-corrected chi connectivity index (χ3v) is 3.45. The molecule has 0 aliphatic heterocycles. The maximum atomic E-state index is 12.3. The minimum absolute atomic E-state index is 0.161. The predicted octanol–water partition coefficient (Wildman–Crippen LogP) is 3.17. The molecule has 24 heavy (non-hydrogen) atoms. The molecule has 0 atom stereocenters. The summed E-state index contributed by atoms with van der Waals surface area (Å²) < 4.78 is 5.39. The fourth-order valence-electron chi connectivity index (χ4n) is 2.14. The average Bonchev–Trinajstić information content (AvgIpc) is 2.61. The summed E-state index contributed by atoms with van der Waals surface area (Å²) in [4.78, 5) is 23.9. The molecule has 0 saturated carbocycles. The van der Waals surface area contributed by atoms with Gasteiger partial charge in [0, 0.05) is 23.9 Å². The van der Waals surface area contributed by atoms with Crippen LogP contribution in [0.5, 0.6) is 5.75 Å². The maximum Gasteiger partial charge on any atom is 0.255 e. The van der Waals surface area contributed by atoms with E-state index in [0.717, 1.165) is 5.56 Å². The first-order valence-electron chi connectivity index (χ1n) is 7.53. The lowest BCUT2D eigenvalue weighted by Crippen LogP contribution is -2.18. The van der Waals surface area contributed by atoms with Crippen LogP contribution in [0.2, 0.25) is 0 Å². The number of hydrogen-bond acceptors (Lipinski definition) is 3. The Morgan fingerprint density at radius 3 is 2.33 bits per heavy atom. The lowest BCUT2D eigenvalue weighted by Gasteiger charge is -2.10. The SMILES string of the molecule is C=CCOc1ccc(C(=O)Nc2ccc(C(=O)NC)cc2C)cc1. The topological polar surface area (TPSA) is 67.4 Å². The van der Waals surface area contributed by atoms with Gasteiger partial charge in [-0.2, -0.15) is 0 Å². The highest BCUT2D eigenvalue weighted by Crippen LogP contribution is 2.19. The fraction of sp³-hybridized carbons (Fsp3) is 0.158. The number of anilines is 1. The van der Waals surface area contributed by atoms with Crippen LogP contribution in [0.4, 0.5) is 5.69 Å². The molecule has 0 aliphatic rings. The molecule has 0 fully saturated rings. The molecule has 2 amide bonds. The van der Waals surface area contributed by atoms with Crippen molar-refractivity contribution in [3.8, 4) is 5.75 Å². The molecule has 0 saturated heterocycles. The van der Waals surface area contributed by atoms with Gasteiger partial charge in [0.05, 0.1) is 0 Å². The normalized spacial score (nSPS) is 9.92. The van der Waals surface area contributed by atoms with Gasteiger partial charge in [-0.05, 0) is 55.0 Å². The van der Waals surface area contributed by atoms with Gasteiger partial charge in [0.15, 0.2) is 0 Å². The van der Waals surface area contributed by atoms with E-state index in [-0.39, 0.29) is 11.8 Å². The van der Waals surface area contributed by atoms with Crippen LogP contribution in [-0.4, -0.2) is 25.5 Å². The largest absolute Gasteiger partial charge is 0.490 e. The molecule has 2 N–H and O–H groups in total. The van der Waals surface area contributed by atoms with Crippen molar-refractivity contribution >= 4 is 17.5 Å². The summed E-state index contributed by atoms with van der Waals surface area (Å²) >= 11 is 0. The third kappa shape index (κ3) is 4.23. The van der Waals surface area contributed by atoms with E-state index in [1.54, 1.807) is 55.6 Å². The van der Waals surface area contributed by atoms with Crippen LogP contribution in [-0.2, 0) is 0 Å². The van der Waals surface area contributed by atoms with Crippen molar-refractivity contribution in [3.05, 3.63) is 71.8 Å². The van der Waals surface area contributed by atoms with Gasteiger partial charge in [-0.1, -0.05) is 12.7 Å². The number of rotatable bonds is 6. The second kappa shape index (κ2) is 7.97. The van der Waals surface area contributed by atoms with Crippen molar-refractivity contribution in [2.75, 3.05) is 19.0 Å². The van der Waals surface area contributed by atoms with E-state index in [9.17, 15) is 9.59 Å². The molecule has 0 aliphatic carbocycles. The van der Waals surface area contributed by atoms with Gasteiger partial charge in [-0.25, -0.2) is 0 Å². The number of benzene rings is 2. The molecule has 0 spiro atoms. The smallest absolute Gasteiger partial charge is 0.255 e. The Labute approximate surface area is 141 Å². The van der Waals surface area contributed by atoms with E-state index in [0.29, 0.717) is 29.2 Å². The lowest BCUT2D eigenvalue weighted by atomic mass is 10.1. The second-order valence-electron chi connectivity index (χ2n) is 5.19. The molecule has 0 aromatic heterocycles. The Kier molecular flexibility index (Phi) is 5.73. The van der Waals surface area contributed by atoms with Crippen LogP contribution in [0.25, 0.3) is 0 Å². The molecule has 2 aromatic carbocycles. The Balaban J connectivity index is 2.09. The summed E-state index contributed by atoms with van der Waals surface area (Å²) in [5.41, 5.74) is 2.56. The number of carbonyl (C=O) groups is 2. The molecule has 5 nitrogen and oxygen atoms in total. The Morgan fingerprint density at radius 2 is 1.75 bits per heavy atom. The van der Waals surface area contributed by atoms with Gasteiger partial charge < -0.3 is 15.4 Å². The van der Waals surface area contributed by atoms with Gasteiger partial charge in [-0.15, -0.1) is 0 Å². The van der Waals surface area contributed by atoms with E-state index in [2.05, 4.69) is 17.2 Å². The Bertz CT molecular complexity index is 752. The number of hydrogen-bond donors (Lipinski definition) is 2. The van der Waals surface area contributed by atoms with Crippen molar-refractivity contribution in [2.45, 2.75) is 6.92 Å². The summed E-state index contributed by atoms with van der Waals surface area (Å²) in [5.74, 6) is 0.296. The van der Waals surface area contributed by atoms with Crippen LogP contribution in [0.15, 0.2) is 55.1 Å². The number of carbonyl (C=O) groups excluding carboxylic acids is 2. The Hall–Kier alpha value is -3.08. The van der Waals surface area contributed by atoms with Crippen LogP contribution in [0.3, 0.4) is 0 Å². The highest BCUT2D eigenvalue weighted by molar-refractivity contribution is 6.05. The standard InChI is InChI=1S/C19H20N2O3/c1-4-11-24-16-8-5-14(6-9-16)19(23)21-17-10-7-15(12-13(17)2)18(22)20-3/h4-10,12H,1,11H2,2-3H3,(H,20,22)(H,21,23). The zero-order valence-electron chi connectivity index (χ0n) is 13.8. The first-order valence-corrected chi connectivity index (χ1v) is 7.53. The van der Waals surface area contributed by atoms with Crippen molar-refractivity contribution in [1.82, 2.24) is 5.32 Å². The zero-order valence-corrected chi connectivity index (χ0v) is 13.8. The van der Waals surface area contributed by atoms with Crippen molar-refractivity contribution in [2.24, 2.45) is 0 Å². The summed E-state index contributed by atoms with van der Waals surface area (Å²) in [6.45, 7) is 5.85. The molecule has 0 radical (unpaired) electrons. The summed E-state index contributed by atoms with van der Waals surface area (Å²) in [6, 6.07) is 12.0. The van der Waals surface area contributed by atoms with E-state index < -0.39 is 0 Å². The van der Waals surface area contributed by atoms with E-state index in [1.807, 2.05) is 6.92 Å². The summed E-state index contributed by atoms with van der Waals surface area (Å²) in [7, 11) is 1.58. The van der Waals surface area contributed by atoms with Crippen LogP contribution in [0.1, 0.15) is 26.3 Å². The molecular weight excluding hydrogens is 304 g/mol. The minimum atomic E-state index is -0.221. The third-order valence-electron chi connectivity index (χ3n) is 3.45. The maximum absolute atomic E-state index is 12.3. The first kappa shape index (κ1) is 17.3. The zero-order chi connectivity index (χ0) is 17.5. The van der Waals surface area contributed by atoms with E-state index >= 15 is 0 Å². The van der Waals surface area contributed by atoms with Crippen molar-refractivity contribution in [1.29, 1.82) is 0 Å². The molecule has 124 valence electrons. The lowest BCUT2D eigenvalue weighted by molar-refractivity contribution is 0.0962. The van der Waals surface area contributed by atoms with Gasteiger partial charge in [0.1, 0.15) is 12.4 Å². The highest BCUT2D eigenvalue weighted by atomic mass is 16.5. The number of ether oxygens (including phenoxy) is 1. The van der Waals surface area contributed by atoms with Crippen molar-refractivity contribution < 1.29 is 14.3 Å². The first-order chi connectivity index (χ1) is 11.5. The summed E-state index contributed by atoms with van der Waals surface area (Å²) in [5, 5.41) is 5.42. The minimum Gasteiger partial charge on any atom is -0.490 e. The molecule has 0 unspecified atom stereocenters. The fourth-order valence-corrected chi connectivity index (χ4v) is 2.14. The van der Waals surface area contributed by atoms with Crippen molar-refractivity contribution in [3.63, 3.8) is 0 Å². The van der Waals surface area contributed by atoms with Gasteiger partial charge >= 0.3 is 0 Å². The Morgan fingerprint density at radius 1 is 1.08 bits per heavy atom. The van der Waals surface area contributed by atoms with Gasteiger partial charge in [0.2, 0.25) is 0 Å². The monoisotopic (exact) mass is 324 g/mol. The quantitative estimate of drug-likeness (QED) is 0.802. The summed E-state index contributed by atoms with van der Waals surface area (Å²) in [6.07, 6.45) is 1.66. The van der Waals surface area contributed by atoms with Crippen LogP contribution < -0.4 is 15.4 Å². The molecule has 0 bridgehead atoms. The van der Waals surface area contributed by atoms with Gasteiger partial charge in [-0.3, -0.25) is 9.59 Å². The van der Waals surface area contributed by atoms with Gasteiger partial charge in [0.25, 0.3) is 11.8 Å². The molecule has 0 heterocycles. The second-order valence-corrected chi connectivity index (χ2v) is 5.19. The number of nitrogens with one attached hydrogen (secondary N) is 2. The van der Waals surface area contributed by atoms with Crippen LogP contribution in [0, 0.1) is 6.92 Å². The average molecular weight is 324 g/mol. The van der Waals surface area contributed by atoms with E-state index in [4.69, 9.17) is 4.74 Å². The molecule has 2 rings (SSSR count). The highest BCUT2D eigenvalue weighted by Gasteiger charge is 2.10. The molecule has 2 aromatic rings. The predicted molar refractivity (Wildman–Crippen MR) is 94.7 cm³/mol. The van der Waals surface area contributed by atoms with Crippen LogP contribution >= 0.6 is 0 Å². The molecule has 5 heteroatoms. The number of amides is 2.